The smallest absolute Gasteiger partial charge is 0.410 e. The molecular weight excluding hydrogens is 218 g/mol. The first-order valence-electron chi connectivity index (χ1n) is 6.42. The summed E-state index contributed by atoms with van der Waals surface area (Å²) in [6.45, 7) is 10.2. The normalized spacial score (nSPS) is 33.4. The molecule has 0 aromatic rings. The van der Waals surface area contributed by atoms with Crippen LogP contribution in [0, 0.1) is 5.92 Å². The summed E-state index contributed by atoms with van der Waals surface area (Å²) in [4.78, 5) is 13.8. The number of amides is 1. The van der Waals surface area contributed by atoms with Crippen molar-refractivity contribution in [2.75, 3.05) is 19.7 Å². The molecule has 98 valence electrons. The molecule has 2 rings (SSSR count). The quantitative estimate of drug-likeness (QED) is 0.662. The Hall–Kier alpha value is -0.770. The molecular formula is C13H23NO3. The van der Waals surface area contributed by atoms with Gasteiger partial charge in [-0.25, -0.2) is 4.79 Å². The van der Waals surface area contributed by atoms with E-state index in [1.165, 1.54) is 0 Å². The van der Waals surface area contributed by atoms with E-state index in [1.807, 2.05) is 25.7 Å². The van der Waals surface area contributed by atoms with Gasteiger partial charge in [0.05, 0.1) is 12.2 Å². The molecule has 0 unspecified atom stereocenters. The van der Waals surface area contributed by atoms with Crippen LogP contribution in [0.25, 0.3) is 0 Å². The van der Waals surface area contributed by atoms with E-state index in [0.29, 0.717) is 5.92 Å². The Morgan fingerprint density at radius 1 is 1.47 bits per heavy atom. The number of hydrogen-bond acceptors (Lipinski definition) is 3. The Morgan fingerprint density at radius 2 is 2.12 bits per heavy atom. The van der Waals surface area contributed by atoms with Crippen LogP contribution < -0.4 is 0 Å². The van der Waals surface area contributed by atoms with Gasteiger partial charge in [-0.15, -0.1) is 0 Å². The fourth-order valence-electron chi connectivity index (χ4n) is 2.32. The lowest BCUT2D eigenvalue weighted by Gasteiger charge is -2.35. The van der Waals surface area contributed by atoms with Crippen molar-refractivity contribution in [3.8, 4) is 0 Å². The second kappa shape index (κ2) is 4.16. The van der Waals surface area contributed by atoms with Gasteiger partial charge in [-0.2, -0.15) is 0 Å². The Balaban J connectivity index is 1.91. The Bertz CT molecular complexity index is 304. The summed E-state index contributed by atoms with van der Waals surface area (Å²) < 4.78 is 10.9. The molecule has 0 N–H and O–H groups in total. The minimum absolute atomic E-state index is 0.0146. The number of epoxide rings is 1. The summed E-state index contributed by atoms with van der Waals surface area (Å²) in [5.41, 5.74) is -0.398. The van der Waals surface area contributed by atoms with Gasteiger partial charge in [0.25, 0.3) is 0 Å². The van der Waals surface area contributed by atoms with E-state index in [-0.39, 0.29) is 11.7 Å². The summed E-state index contributed by atoms with van der Waals surface area (Å²) in [6.07, 6.45) is 2.00. The van der Waals surface area contributed by atoms with Crippen molar-refractivity contribution in [2.45, 2.75) is 51.7 Å². The van der Waals surface area contributed by atoms with Crippen molar-refractivity contribution in [2.24, 2.45) is 5.92 Å². The minimum Gasteiger partial charge on any atom is -0.444 e. The average Bonchev–Trinajstić information content (AvgIpc) is 2.96. The zero-order chi connectivity index (χ0) is 12.7. The van der Waals surface area contributed by atoms with E-state index < -0.39 is 5.60 Å². The Morgan fingerprint density at radius 3 is 2.65 bits per heavy atom. The highest BCUT2D eigenvalue weighted by Crippen LogP contribution is 2.39. The summed E-state index contributed by atoms with van der Waals surface area (Å²) >= 11 is 0. The van der Waals surface area contributed by atoms with E-state index >= 15 is 0 Å². The molecule has 0 spiro atoms. The van der Waals surface area contributed by atoms with Crippen LogP contribution >= 0.6 is 0 Å². The van der Waals surface area contributed by atoms with Gasteiger partial charge in [0.15, 0.2) is 0 Å². The van der Waals surface area contributed by atoms with Crippen LogP contribution in [0.15, 0.2) is 0 Å². The number of piperidine rings is 1. The van der Waals surface area contributed by atoms with Crippen LogP contribution in [0.4, 0.5) is 4.79 Å². The predicted octanol–water partition coefficient (Wildman–Crippen LogP) is 2.42. The molecule has 2 saturated heterocycles. The third-order valence-corrected chi connectivity index (χ3v) is 3.54. The lowest BCUT2D eigenvalue weighted by molar-refractivity contribution is 0.0118. The largest absolute Gasteiger partial charge is 0.444 e. The summed E-state index contributed by atoms with van der Waals surface area (Å²) in [5.74, 6) is 0.462. The van der Waals surface area contributed by atoms with Crippen LogP contribution in [0.2, 0.25) is 0 Å². The molecule has 0 aromatic carbocycles. The Labute approximate surface area is 103 Å². The highest BCUT2D eigenvalue weighted by atomic mass is 16.6. The van der Waals surface area contributed by atoms with E-state index in [0.717, 1.165) is 32.5 Å². The molecule has 0 radical (unpaired) electrons. The van der Waals surface area contributed by atoms with Crippen molar-refractivity contribution in [3.05, 3.63) is 0 Å². The molecule has 0 aromatic heterocycles. The molecule has 2 fully saturated rings. The van der Waals surface area contributed by atoms with Gasteiger partial charge in [-0.3, -0.25) is 0 Å². The third kappa shape index (κ3) is 3.12. The van der Waals surface area contributed by atoms with Gasteiger partial charge < -0.3 is 14.4 Å². The molecule has 2 atom stereocenters. The molecule has 2 aliphatic rings. The highest BCUT2D eigenvalue weighted by molar-refractivity contribution is 5.68. The van der Waals surface area contributed by atoms with Crippen molar-refractivity contribution in [1.82, 2.24) is 4.90 Å². The first kappa shape index (κ1) is 12.7. The van der Waals surface area contributed by atoms with Gasteiger partial charge in [-0.1, -0.05) is 0 Å². The van der Waals surface area contributed by atoms with Crippen molar-refractivity contribution < 1.29 is 14.3 Å². The lowest BCUT2D eigenvalue weighted by Crippen LogP contribution is -2.46. The van der Waals surface area contributed by atoms with Crippen LogP contribution in [-0.4, -0.2) is 41.9 Å². The molecule has 2 heterocycles. The lowest BCUT2D eigenvalue weighted by atomic mass is 9.87. The summed E-state index contributed by atoms with van der Waals surface area (Å²) in [5, 5.41) is 0. The molecule has 0 saturated carbocycles. The number of nitrogens with zero attached hydrogens (tertiary/aromatic N) is 1. The minimum atomic E-state index is -0.413. The number of likely N-dealkylation sites (tertiary alicyclic amines) is 1. The van der Waals surface area contributed by atoms with E-state index in [4.69, 9.17) is 9.47 Å². The SMILES string of the molecule is CC(C)(C)OC(=O)N1CCC[C@H]([C@@]2(C)CO2)C1. The Kier molecular flexibility index (Phi) is 3.10. The predicted molar refractivity (Wildman–Crippen MR) is 64.9 cm³/mol. The molecule has 0 bridgehead atoms. The number of rotatable bonds is 1. The number of ether oxygens (including phenoxy) is 2. The molecule has 4 nitrogen and oxygen atoms in total. The van der Waals surface area contributed by atoms with Crippen molar-refractivity contribution in [3.63, 3.8) is 0 Å². The van der Waals surface area contributed by atoms with Gasteiger partial charge >= 0.3 is 6.09 Å². The third-order valence-electron chi connectivity index (χ3n) is 3.54. The first-order valence-corrected chi connectivity index (χ1v) is 6.42. The van der Waals surface area contributed by atoms with Crippen LogP contribution in [0.3, 0.4) is 0 Å². The second-order valence-corrected chi connectivity index (χ2v) is 6.37. The molecule has 1 amide bonds. The van der Waals surface area contributed by atoms with Crippen LogP contribution in [0.5, 0.6) is 0 Å². The van der Waals surface area contributed by atoms with Crippen molar-refractivity contribution in [1.29, 1.82) is 0 Å². The zero-order valence-corrected chi connectivity index (χ0v) is 11.3. The zero-order valence-electron chi connectivity index (χ0n) is 11.3. The van der Waals surface area contributed by atoms with Gasteiger partial charge in [0, 0.05) is 19.0 Å². The summed E-state index contributed by atoms with van der Waals surface area (Å²) in [6, 6.07) is 0. The highest BCUT2D eigenvalue weighted by Gasteiger charge is 2.48. The van der Waals surface area contributed by atoms with E-state index in [9.17, 15) is 4.79 Å². The maximum atomic E-state index is 12.0. The molecule has 4 heteroatoms. The molecule has 17 heavy (non-hydrogen) atoms. The monoisotopic (exact) mass is 241 g/mol. The second-order valence-electron chi connectivity index (χ2n) is 6.37. The molecule has 2 aliphatic heterocycles. The maximum Gasteiger partial charge on any atom is 0.410 e. The fourth-order valence-corrected chi connectivity index (χ4v) is 2.32. The van der Waals surface area contributed by atoms with Crippen molar-refractivity contribution >= 4 is 6.09 Å². The van der Waals surface area contributed by atoms with Gasteiger partial charge in [-0.05, 0) is 40.5 Å². The van der Waals surface area contributed by atoms with E-state index in [1.54, 1.807) is 0 Å². The number of carbonyl (C=O) groups excluding carboxylic acids is 1. The average molecular weight is 241 g/mol. The number of hydrogen-bond donors (Lipinski definition) is 0. The van der Waals surface area contributed by atoms with Gasteiger partial charge in [0.1, 0.15) is 5.60 Å². The topological polar surface area (TPSA) is 42.1 Å². The van der Waals surface area contributed by atoms with E-state index in [2.05, 4.69) is 6.92 Å². The van der Waals surface area contributed by atoms with Gasteiger partial charge in [0.2, 0.25) is 0 Å². The van der Waals surface area contributed by atoms with Crippen LogP contribution in [-0.2, 0) is 9.47 Å². The number of carbonyl (C=O) groups is 1. The first-order chi connectivity index (χ1) is 7.80. The maximum absolute atomic E-state index is 12.0. The summed E-state index contributed by atoms with van der Waals surface area (Å²) in [7, 11) is 0. The molecule has 0 aliphatic carbocycles. The fraction of sp³-hybridized carbons (Fsp3) is 0.923. The van der Waals surface area contributed by atoms with Crippen LogP contribution in [0.1, 0.15) is 40.5 Å². The standard InChI is InChI=1S/C13H23NO3/c1-12(2,3)17-11(15)14-7-5-6-10(8-14)13(4)9-16-13/h10H,5-9H2,1-4H3/t10-,13+/m0/s1.